The van der Waals surface area contributed by atoms with Crippen LogP contribution in [0.1, 0.15) is 35.5 Å². The zero-order chi connectivity index (χ0) is 15.3. The molecular formula is C14H15N3O2S2. The maximum Gasteiger partial charge on any atom is 0.216 e. The number of hydrogen-bond acceptors (Lipinski definition) is 5. The van der Waals surface area contributed by atoms with Crippen LogP contribution in [0.2, 0.25) is 0 Å². The summed E-state index contributed by atoms with van der Waals surface area (Å²) >= 11 is 1.43. The maximum atomic E-state index is 12.2. The molecule has 0 amide bonds. The largest absolute Gasteiger partial charge is 0.248 e. The van der Waals surface area contributed by atoms with Crippen LogP contribution in [-0.4, -0.2) is 13.4 Å². The molecule has 1 aromatic heterocycles. The van der Waals surface area contributed by atoms with Crippen molar-refractivity contribution in [2.24, 2.45) is 0 Å². The van der Waals surface area contributed by atoms with Crippen molar-refractivity contribution in [1.82, 2.24) is 9.71 Å². The fourth-order valence-corrected chi connectivity index (χ4v) is 4.14. The summed E-state index contributed by atoms with van der Waals surface area (Å²) in [6.07, 6.45) is 2.30. The molecule has 5 nitrogen and oxygen atoms in total. The van der Waals surface area contributed by atoms with Crippen molar-refractivity contribution < 1.29 is 8.42 Å². The van der Waals surface area contributed by atoms with Gasteiger partial charge in [0.1, 0.15) is 5.01 Å². The number of sulfonamides is 1. The van der Waals surface area contributed by atoms with Crippen LogP contribution in [-0.2, 0) is 15.8 Å². The second kappa shape index (κ2) is 6.80. The summed E-state index contributed by atoms with van der Waals surface area (Å²) in [6.45, 7) is 1.91. The Hall–Kier alpha value is -1.75. The predicted octanol–water partition coefficient (Wildman–Crippen LogP) is 2.59. The summed E-state index contributed by atoms with van der Waals surface area (Å²) in [5.41, 5.74) is 1.16. The summed E-state index contributed by atoms with van der Waals surface area (Å²) < 4.78 is 27.1. The number of nitrogens with one attached hydrogen (secondary N) is 1. The summed E-state index contributed by atoms with van der Waals surface area (Å²) in [6, 6.07) is 8.25. The minimum absolute atomic E-state index is 0.111. The highest BCUT2D eigenvalue weighted by Gasteiger charge is 2.20. The average Bonchev–Trinajstić information content (AvgIpc) is 2.99. The lowest BCUT2D eigenvalue weighted by molar-refractivity contribution is 0.548. The van der Waals surface area contributed by atoms with Crippen LogP contribution in [0.3, 0.4) is 0 Å². The third-order valence-corrected chi connectivity index (χ3v) is 5.17. The molecule has 1 heterocycles. The van der Waals surface area contributed by atoms with Crippen LogP contribution in [0.25, 0.3) is 0 Å². The standard InChI is InChI=1S/C14H15N3O2S2/c1-2-13(14-16-7-8-20-14)17-21(18,19)10-12-5-3-11(9-15)4-6-12/h3-8,13,17H,2,10H2,1H3. The summed E-state index contributed by atoms with van der Waals surface area (Å²) in [5.74, 6) is -0.111. The van der Waals surface area contributed by atoms with Gasteiger partial charge >= 0.3 is 0 Å². The predicted molar refractivity (Wildman–Crippen MR) is 82.1 cm³/mol. The van der Waals surface area contributed by atoms with E-state index in [0.717, 1.165) is 5.01 Å². The van der Waals surface area contributed by atoms with Gasteiger partial charge < -0.3 is 0 Å². The third-order valence-electron chi connectivity index (χ3n) is 2.92. The van der Waals surface area contributed by atoms with Crippen molar-refractivity contribution in [3.05, 3.63) is 52.0 Å². The number of nitriles is 1. The van der Waals surface area contributed by atoms with Gasteiger partial charge in [0.15, 0.2) is 0 Å². The Morgan fingerprint density at radius 3 is 2.62 bits per heavy atom. The second-order valence-corrected chi connectivity index (χ2v) is 7.20. The van der Waals surface area contributed by atoms with E-state index < -0.39 is 10.0 Å². The quantitative estimate of drug-likeness (QED) is 0.886. The molecule has 1 atom stereocenters. The van der Waals surface area contributed by atoms with Crippen LogP contribution in [0.5, 0.6) is 0 Å². The molecular weight excluding hydrogens is 306 g/mol. The lowest BCUT2D eigenvalue weighted by atomic mass is 10.2. The Labute approximate surface area is 128 Å². The van der Waals surface area contributed by atoms with Gasteiger partial charge in [-0.2, -0.15) is 5.26 Å². The van der Waals surface area contributed by atoms with Gasteiger partial charge in [-0.15, -0.1) is 11.3 Å². The lowest BCUT2D eigenvalue weighted by Gasteiger charge is -2.14. The maximum absolute atomic E-state index is 12.2. The van der Waals surface area contributed by atoms with Gasteiger partial charge in [0, 0.05) is 11.6 Å². The highest BCUT2D eigenvalue weighted by molar-refractivity contribution is 7.88. The zero-order valence-corrected chi connectivity index (χ0v) is 13.1. The molecule has 1 aromatic carbocycles. The molecule has 1 N–H and O–H groups in total. The Bertz CT molecular complexity index is 717. The van der Waals surface area contributed by atoms with E-state index in [1.807, 2.05) is 18.4 Å². The minimum atomic E-state index is -3.46. The first-order valence-electron chi connectivity index (χ1n) is 6.42. The number of rotatable bonds is 6. The molecule has 0 saturated carbocycles. The van der Waals surface area contributed by atoms with Gasteiger partial charge in [0.05, 0.1) is 23.4 Å². The van der Waals surface area contributed by atoms with Crippen molar-refractivity contribution in [2.75, 3.05) is 0 Å². The molecule has 0 bridgehead atoms. The molecule has 0 radical (unpaired) electrons. The van der Waals surface area contributed by atoms with E-state index in [9.17, 15) is 8.42 Å². The van der Waals surface area contributed by atoms with Crippen molar-refractivity contribution in [1.29, 1.82) is 5.26 Å². The van der Waals surface area contributed by atoms with Crippen LogP contribution in [0.4, 0.5) is 0 Å². The molecule has 2 aromatic rings. The molecule has 1 unspecified atom stereocenters. The molecule has 2 rings (SSSR count). The highest BCUT2D eigenvalue weighted by Crippen LogP contribution is 2.20. The van der Waals surface area contributed by atoms with Crippen molar-refractivity contribution in [3.63, 3.8) is 0 Å². The van der Waals surface area contributed by atoms with E-state index in [1.165, 1.54) is 11.3 Å². The molecule has 110 valence electrons. The van der Waals surface area contributed by atoms with E-state index in [-0.39, 0.29) is 11.8 Å². The average molecular weight is 321 g/mol. The van der Waals surface area contributed by atoms with Crippen LogP contribution in [0, 0.1) is 11.3 Å². The summed E-state index contributed by atoms with van der Waals surface area (Å²) in [5, 5.41) is 11.3. The van der Waals surface area contributed by atoms with E-state index in [1.54, 1.807) is 30.5 Å². The molecule has 0 saturated heterocycles. The molecule has 0 aliphatic rings. The first-order valence-corrected chi connectivity index (χ1v) is 8.95. The first kappa shape index (κ1) is 15.6. The molecule has 0 spiro atoms. The van der Waals surface area contributed by atoms with Gasteiger partial charge in [0.2, 0.25) is 10.0 Å². The van der Waals surface area contributed by atoms with E-state index in [4.69, 9.17) is 5.26 Å². The van der Waals surface area contributed by atoms with Gasteiger partial charge in [-0.3, -0.25) is 0 Å². The molecule has 0 aliphatic heterocycles. The van der Waals surface area contributed by atoms with Crippen molar-refractivity contribution in [2.45, 2.75) is 25.1 Å². The second-order valence-electron chi connectivity index (χ2n) is 4.52. The topological polar surface area (TPSA) is 82.9 Å². The van der Waals surface area contributed by atoms with Gasteiger partial charge in [-0.05, 0) is 24.1 Å². The number of aromatic nitrogens is 1. The first-order chi connectivity index (χ1) is 10.0. The Balaban J connectivity index is 2.09. The normalized spacial score (nSPS) is 12.8. The summed E-state index contributed by atoms with van der Waals surface area (Å²) in [4.78, 5) is 4.16. The lowest BCUT2D eigenvalue weighted by Crippen LogP contribution is -2.29. The Kier molecular flexibility index (Phi) is 5.07. The zero-order valence-electron chi connectivity index (χ0n) is 11.5. The highest BCUT2D eigenvalue weighted by atomic mass is 32.2. The van der Waals surface area contributed by atoms with Crippen LogP contribution in [0.15, 0.2) is 35.8 Å². The van der Waals surface area contributed by atoms with Crippen LogP contribution >= 0.6 is 11.3 Å². The Morgan fingerprint density at radius 2 is 2.10 bits per heavy atom. The number of nitrogens with zero attached hydrogens (tertiary/aromatic N) is 2. The third kappa shape index (κ3) is 4.36. The van der Waals surface area contributed by atoms with E-state index in [0.29, 0.717) is 17.5 Å². The fraction of sp³-hybridized carbons (Fsp3) is 0.286. The molecule has 7 heteroatoms. The van der Waals surface area contributed by atoms with Crippen molar-refractivity contribution >= 4 is 21.4 Å². The summed E-state index contributed by atoms with van der Waals surface area (Å²) in [7, 11) is -3.46. The van der Waals surface area contributed by atoms with Crippen LogP contribution < -0.4 is 4.72 Å². The molecule has 0 aliphatic carbocycles. The fourth-order valence-electron chi connectivity index (χ4n) is 1.87. The number of hydrogen-bond donors (Lipinski definition) is 1. The monoisotopic (exact) mass is 321 g/mol. The van der Waals surface area contributed by atoms with E-state index >= 15 is 0 Å². The van der Waals surface area contributed by atoms with Gasteiger partial charge in [-0.1, -0.05) is 19.1 Å². The molecule has 21 heavy (non-hydrogen) atoms. The smallest absolute Gasteiger partial charge is 0.216 e. The number of benzene rings is 1. The Morgan fingerprint density at radius 1 is 1.38 bits per heavy atom. The molecule has 0 fully saturated rings. The minimum Gasteiger partial charge on any atom is -0.248 e. The van der Waals surface area contributed by atoms with Gasteiger partial charge in [-0.25, -0.2) is 18.1 Å². The van der Waals surface area contributed by atoms with Gasteiger partial charge in [0.25, 0.3) is 0 Å². The SMILES string of the molecule is CCC(NS(=O)(=O)Cc1ccc(C#N)cc1)c1nccs1. The number of thiazole rings is 1. The van der Waals surface area contributed by atoms with Crippen molar-refractivity contribution in [3.8, 4) is 6.07 Å². The van der Waals surface area contributed by atoms with E-state index in [2.05, 4.69) is 9.71 Å².